The molecule has 1 fully saturated rings. The fourth-order valence-electron chi connectivity index (χ4n) is 2.67. The van der Waals surface area contributed by atoms with Crippen LogP contribution in [0.1, 0.15) is 37.2 Å². The molecular formula is C13H19ClN2O. The molecule has 3 atom stereocenters. The number of aromatic nitrogens is 1. The molecule has 3 nitrogen and oxygen atoms in total. The first-order valence-corrected chi connectivity index (χ1v) is 6.55. The van der Waals surface area contributed by atoms with E-state index >= 15 is 0 Å². The van der Waals surface area contributed by atoms with Crippen LogP contribution in [-0.4, -0.2) is 29.3 Å². The SMILES string of the molecule is CN[C@@H]1C[C@H](O)CCC[C@H]1c1ccc(Cl)nc1. The summed E-state index contributed by atoms with van der Waals surface area (Å²) in [5, 5.41) is 13.7. The van der Waals surface area contributed by atoms with E-state index in [9.17, 15) is 5.11 Å². The van der Waals surface area contributed by atoms with E-state index in [1.807, 2.05) is 25.4 Å². The molecular weight excluding hydrogens is 236 g/mol. The maximum Gasteiger partial charge on any atom is 0.129 e. The van der Waals surface area contributed by atoms with Crippen LogP contribution < -0.4 is 5.32 Å². The van der Waals surface area contributed by atoms with Crippen molar-refractivity contribution in [2.75, 3.05) is 7.05 Å². The highest BCUT2D eigenvalue weighted by molar-refractivity contribution is 6.29. The van der Waals surface area contributed by atoms with Crippen LogP contribution in [0.2, 0.25) is 5.15 Å². The second-order valence-electron chi connectivity index (χ2n) is 4.74. The van der Waals surface area contributed by atoms with Gasteiger partial charge in [0.2, 0.25) is 0 Å². The molecule has 1 aliphatic rings. The second-order valence-corrected chi connectivity index (χ2v) is 5.12. The topological polar surface area (TPSA) is 45.1 Å². The summed E-state index contributed by atoms with van der Waals surface area (Å²) in [5.41, 5.74) is 1.21. The third-order valence-electron chi connectivity index (χ3n) is 3.61. The van der Waals surface area contributed by atoms with Crippen molar-refractivity contribution in [1.29, 1.82) is 0 Å². The normalized spacial score (nSPS) is 29.9. The number of nitrogens with zero attached hydrogens (tertiary/aromatic N) is 1. The van der Waals surface area contributed by atoms with E-state index in [1.54, 1.807) is 0 Å². The zero-order chi connectivity index (χ0) is 12.3. The Labute approximate surface area is 107 Å². The lowest BCUT2D eigenvalue weighted by Crippen LogP contribution is -2.33. The van der Waals surface area contributed by atoms with Crippen molar-refractivity contribution < 1.29 is 5.11 Å². The first-order chi connectivity index (χ1) is 8.20. The number of nitrogens with one attached hydrogen (secondary N) is 1. The minimum absolute atomic E-state index is 0.183. The van der Waals surface area contributed by atoms with Gasteiger partial charge >= 0.3 is 0 Å². The Kier molecular flexibility index (Phi) is 4.37. The molecule has 94 valence electrons. The lowest BCUT2D eigenvalue weighted by Gasteiger charge is -2.25. The molecule has 0 amide bonds. The molecule has 2 N–H and O–H groups in total. The van der Waals surface area contributed by atoms with E-state index in [4.69, 9.17) is 11.6 Å². The molecule has 1 aliphatic carbocycles. The van der Waals surface area contributed by atoms with Crippen LogP contribution in [0.25, 0.3) is 0 Å². The maximum atomic E-state index is 9.82. The lowest BCUT2D eigenvalue weighted by atomic mass is 9.88. The van der Waals surface area contributed by atoms with E-state index < -0.39 is 0 Å². The summed E-state index contributed by atoms with van der Waals surface area (Å²) in [6.07, 6.45) is 5.53. The molecule has 0 spiro atoms. The van der Waals surface area contributed by atoms with E-state index in [-0.39, 0.29) is 6.10 Å². The Morgan fingerprint density at radius 1 is 1.41 bits per heavy atom. The number of hydrogen-bond acceptors (Lipinski definition) is 3. The van der Waals surface area contributed by atoms with Crippen LogP contribution in [0.5, 0.6) is 0 Å². The van der Waals surface area contributed by atoms with Gasteiger partial charge in [0.25, 0.3) is 0 Å². The third-order valence-corrected chi connectivity index (χ3v) is 3.84. The quantitative estimate of drug-likeness (QED) is 0.629. The number of pyridine rings is 1. The number of aliphatic hydroxyl groups is 1. The van der Waals surface area contributed by atoms with Gasteiger partial charge in [-0.15, -0.1) is 0 Å². The van der Waals surface area contributed by atoms with E-state index in [0.29, 0.717) is 17.1 Å². The van der Waals surface area contributed by atoms with Gasteiger partial charge in [0.1, 0.15) is 5.15 Å². The van der Waals surface area contributed by atoms with Gasteiger partial charge in [-0.05, 0) is 37.9 Å². The van der Waals surface area contributed by atoms with Crippen molar-refractivity contribution in [3.05, 3.63) is 29.0 Å². The fraction of sp³-hybridized carbons (Fsp3) is 0.615. The molecule has 0 aliphatic heterocycles. The minimum Gasteiger partial charge on any atom is -0.393 e. The maximum absolute atomic E-state index is 9.82. The summed E-state index contributed by atoms with van der Waals surface area (Å²) in [6.45, 7) is 0. The Balaban J connectivity index is 2.19. The molecule has 0 saturated heterocycles. The molecule has 0 bridgehead atoms. The molecule has 0 aromatic carbocycles. The number of rotatable bonds is 2. The number of likely N-dealkylation sites (N-methyl/N-ethyl adjacent to an activating group) is 1. The smallest absolute Gasteiger partial charge is 0.129 e. The van der Waals surface area contributed by atoms with Gasteiger partial charge < -0.3 is 10.4 Å². The molecule has 17 heavy (non-hydrogen) atoms. The molecule has 1 aromatic heterocycles. The van der Waals surface area contributed by atoms with Gasteiger partial charge in [-0.2, -0.15) is 0 Å². The monoisotopic (exact) mass is 254 g/mol. The highest BCUT2D eigenvalue weighted by Gasteiger charge is 2.27. The van der Waals surface area contributed by atoms with Gasteiger partial charge in [0.05, 0.1) is 6.10 Å². The standard InChI is InChI=1S/C13H19ClN2O/c1-15-12-7-10(17)3-2-4-11(12)9-5-6-13(14)16-8-9/h5-6,8,10-12,15,17H,2-4,7H2,1H3/t10-,11+,12-/m1/s1. The lowest BCUT2D eigenvalue weighted by molar-refractivity contribution is 0.147. The molecule has 1 saturated carbocycles. The van der Waals surface area contributed by atoms with Crippen LogP contribution in [0.3, 0.4) is 0 Å². The number of aliphatic hydroxyl groups excluding tert-OH is 1. The van der Waals surface area contributed by atoms with Crippen molar-refractivity contribution in [1.82, 2.24) is 10.3 Å². The largest absolute Gasteiger partial charge is 0.393 e. The van der Waals surface area contributed by atoms with Crippen LogP contribution in [0, 0.1) is 0 Å². The van der Waals surface area contributed by atoms with Gasteiger partial charge in [0, 0.05) is 18.2 Å². The summed E-state index contributed by atoms with van der Waals surface area (Å²) in [7, 11) is 1.96. The average Bonchev–Trinajstić information content (AvgIpc) is 2.52. The first kappa shape index (κ1) is 12.8. The minimum atomic E-state index is -0.183. The van der Waals surface area contributed by atoms with Crippen molar-refractivity contribution >= 4 is 11.6 Å². The van der Waals surface area contributed by atoms with Gasteiger partial charge in [-0.25, -0.2) is 4.98 Å². The number of hydrogen-bond donors (Lipinski definition) is 2. The Hall–Kier alpha value is -0.640. The number of halogens is 1. The van der Waals surface area contributed by atoms with Crippen molar-refractivity contribution in [2.45, 2.75) is 43.7 Å². The summed E-state index contributed by atoms with van der Waals surface area (Å²) in [5.74, 6) is 0.418. The molecule has 1 aromatic rings. The molecule has 0 radical (unpaired) electrons. The highest BCUT2D eigenvalue weighted by Crippen LogP contribution is 2.32. The predicted octanol–water partition coefficient (Wildman–Crippen LogP) is 2.34. The Morgan fingerprint density at radius 2 is 2.24 bits per heavy atom. The van der Waals surface area contributed by atoms with Gasteiger partial charge in [0.15, 0.2) is 0 Å². The molecule has 4 heteroatoms. The molecule has 1 heterocycles. The van der Waals surface area contributed by atoms with Crippen molar-refractivity contribution in [3.8, 4) is 0 Å². The summed E-state index contributed by atoms with van der Waals surface area (Å²) < 4.78 is 0. The highest BCUT2D eigenvalue weighted by atomic mass is 35.5. The van der Waals surface area contributed by atoms with E-state index in [2.05, 4.69) is 10.3 Å². The van der Waals surface area contributed by atoms with Crippen LogP contribution >= 0.6 is 11.6 Å². The van der Waals surface area contributed by atoms with Crippen LogP contribution in [0.15, 0.2) is 18.3 Å². The Bertz CT molecular complexity index is 355. The van der Waals surface area contributed by atoms with E-state index in [0.717, 1.165) is 25.7 Å². The van der Waals surface area contributed by atoms with E-state index in [1.165, 1.54) is 5.56 Å². The first-order valence-electron chi connectivity index (χ1n) is 6.17. The second kappa shape index (κ2) is 5.80. The summed E-state index contributed by atoms with van der Waals surface area (Å²) in [6, 6.07) is 4.20. The summed E-state index contributed by atoms with van der Waals surface area (Å²) in [4.78, 5) is 4.15. The molecule has 0 unspecified atom stereocenters. The summed E-state index contributed by atoms with van der Waals surface area (Å²) >= 11 is 5.81. The van der Waals surface area contributed by atoms with Gasteiger partial charge in [-0.1, -0.05) is 24.1 Å². The zero-order valence-electron chi connectivity index (χ0n) is 10.1. The molecule has 2 rings (SSSR count). The van der Waals surface area contributed by atoms with Crippen molar-refractivity contribution in [3.63, 3.8) is 0 Å². The van der Waals surface area contributed by atoms with Gasteiger partial charge in [-0.3, -0.25) is 0 Å². The third kappa shape index (κ3) is 3.18. The van der Waals surface area contributed by atoms with Crippen LogP contribution in [0.4, 0.5) is 0 Å². The average molecular weight is 255 g/mol. The zero-order valence-corrected chi connectivity index (χ0v) is 10.8. The van der Waals surface area contributed by atoms with Crippen LogP contribution in [-0.2, 0) is 0 Å². The van der Waals surface area contributed by atoms with Crippen molar-refractivity contribution in [2.24, 2.45) is 0 Å². The Morgan fingerprint density at radius 3 is 2.88 bits per heavy atom. The fourth-order valence-corrected chi connectivity index (χ4v) is 2.79. The predicted molar refractivity (Wildman–Crippen MR) is 69.3 cm³/mol.